The Morgan fingerprint density at radius 3 is 2.32 bits per heavy atom. The van der Waals surface area contributed by atoms with Crippen LogP contribution in [0.1, 0.15) is 47.0 Å². The van der Waals surface area contributed by atoms with Gasteiger partial charge < -0.3 is 9.47 Å². The molecule has 0 rings (SSSR count). The molecule has 3 nitrogen and oxygen atoms in total. The summed E-state index contributed by atoms with van der Waals surface area (Å²) in [6, 6.07) is 0. The molecule has 0 aromatic heterocycles. The maximum absolute atomic E-state index is 11.4. The van der Waals surface area contributed by atoms with E-state index in [2.05, 4.69) is 31.6 Å². The van der Waals surface area contributed by atoms with Gasteiger partial charge in [0.2, 0.25) is 5.76 Å². The van der Waals surface area contributed by atoms with Gasteiger partial charge in [-0.05, 0) is 52.2 Å². The van der Waals surface area contributed by atoms with Crippen LogP contribution in [0.2, 0.25) is 0 Å². The molecular formula is C16H26O3. The molecule has 108 valence electrons. The van der Waals surface area contributed by atoms with E-state index in [0.29, 0.717) is 12.4 Å². The first kappa shape index (κ1) is 17.5. The van der Waals surface area contributed by atoms with Gasteiger partial charge in [-0.25, -0.2) is 4.79 Å². The predicted octanol–water partition coefficient (Wildman–Crippen LogP) is 4.16. The molecule has 0 aliphatic carbocycles. The Morgan fingerprint density at radius 2 is 1.79 bits per heavy atom. The van der Waals surface area contributed by atoms with Crippen molar-refractivity contribution >= 4 is 5.97 Å². The molecule has 0 atom stereocenters. The van der Waals surface area contributed by atoms with Gasteiger partial charge in [-0.1, -0.05) is 24.1 Å². The minimum absolute atomic E-state index is 0.290. The van der Waals surface area contributed by atoms with Gasteiger partial charge in [0.05, 0.1) is 7.11 Å². The van der Waals surface area contributed by atoms with Gasteiger partial charge in [0.25, 0.3) is 0 Å². The summed E-state index contributed by atoms with van der Waals surface area (Å²) in [5, 5.41) is 0. The number of carbonyl (C=O) groups is 1. The first-order chi connectivity index (χ1) is 9.01. The highest BCUT2D eigenvalue weighted by Crippen LogP contribution is 2.08. The normalized spacial score (nSPS) is 12.1. The summed E-state index contributed by atoms with van der Waals surface area (Å²) in [4.78, 5) is 11.4. The Kier molecular flexibility index (Phi) is 9.59. The van der Waals surface area contributed by atoms with E-state index in [-0.39, 0.29) is 0 Å². The van der Waals surface area contributed by atoms with E-state index in [1.807, 2.05) is 13.0 Å². The topological polar surface area (TPSA) is 35.5 Å². The molecule has 0 N–H and O–H groups in total. The zero-order valence-corrected chi connectivity index (χ0v) is 12.8. The molecule has 0 saturated heterocycles. The standard InChI is InChI=1S/C16H26O3/c1-6-8-15(16(17)18-5)19-12-11-14(4)10-7-9-13(2)3/h8-9,11H,6-7,10,12H2,1-5H3/b14-11+,15-8-. The first-order valence-corrected chi connectivity index (χ1v) is 6.71. The van der Waals surface area contributed by atoms with Crippen molar-refractivity contribution < 1.29 is 14.3 Å². The van der Waals surface area contributed by atoms with Crippen LogP contribution in [-0.4, -0.2) is 19.7 Å². The molecule has 0 fully saturated rings. The van der Waals surface area contributed by atoms with Crippen LogP contribution >= 0.6 is 0 Å². The lowest BCUT2D eigenvalue weighted by molar-refractivity contribution is -0.139. The summed E-state index contributed by atoms with van der Waals surface area (Å²) < 4.78 is 10.1. The van der Waals surface area contributed by atoms with Crippen molar-refractivity contribution in [2.24, 2.45) is 0 Å². The third-order valence-electron chi connectivity index (χ3n) is 2.54. The quantitative estimate of drug-likeness (QED) is 0.286. The average molecular weight is 266 g/mol. The molecular weight excluding hydrogens is 240 g/mol. The van der Waals surface area contributed by atoms with Gasteiger partial charge in [-0.15, -0.1) is 0 Å². The van der Waals surface area contributed by atoms with E-state index in [4.69, 9.17) is 4.74 Å². The van der Waals surface area contributed by atoms with Gasteiger partial charge in [-0.2, -0.15) is 0 Å². The number of rotatable bonds is 8. The summed E-state index contributed by atoms with van der Waals surface area (Å²) in [7, 11) is 1.36. The summed E-state index contributed by atoms with van der Waals surface area (Å²) in [5.41, 5.74) is 2.60. The zero-order valence-electron chi connectivity index (χ0n) is 12.8. The number of methoxy groups -OCH3 is 1. The number of allylic oxidation sites excluding steroid dienone is 4. The van der Waals surface area contributed by atoms with Crippen LogP contribution in [0.25, 0.3) is 0 Å². The second-order valence-electron chi connectivity index (χ2n) is 4.65. The fourth-order valence-corrected chi connectivity index (χ4v) is 1.45. The highest BCUT2D eigenvalue weighted by atomic mass is 16.6. The Balaban J connectivity index is 4.20. The molecule has 0 spiro atoms. The third kappa shape index (κ3) is 9.11. The fraction of sp³-hybridized carbons (Fsp3) is 0.562. The van der Waals surface area contributed by atoms with Gasteiger partial charge in [0.15, 0.2) is 0 Å². The molecule has 3 heteroatoms. The molecule has 0 aliphatic rings. The summed E-state index contributed by atoms with van der Waals surface area (Å²) in [6.45, 7) is 8.62. The van der Waals surface area contributed by atoms with E-state index in [1.54, 1.807) is 6.08 Å². The van der Waals surface area contributed by atoms with E-state index in [0.717, 1.165) is 19.3 Å². The molecule has 0 radical (unpaired) electrons. The van der Waals surface area contributed by atoms with Crippen LogP contribution in [0, 0.1) is 0 Å². The van der Waals surface area contributed by atoms with Crippen molar-refractivity contribution in [3.8, 4) is 0 Å². The van der Waals surface area contributed by atoms with Crippen molar-refractivity contribution in [3.05, 3.63) is 35.1 Å². The molecule has 0 amide bonds. The van der Waals surface area contributed by atoms with Crippen molar-refractivity contribution in [1.82, 2.24) is 0 Å². The zero-order chi connectivity index (χ0) is 14.7. The average Bonchev–Trinajstić information content (AvgIpc) is 2.36. The number of ether oxygens (including phenoxy) is 2. The number of hydrogen-bond donors (Lipinski definition) is 0. The molecule has 19 heavy (non-hydrogen) atoms. The highest BCUT2D eigenvalue weighted by Gasteiger charge is 2.09. The monoisotopic (exact) mass is 266 g/mol. The SMILES string of the molecule is CC/C=C(\OC/C=C(\C)CCC=C(C)C)C(=O)OC. The maximum Gasteiger partial charge on any atom is 0.372 e. The lowest BCUT2D eigenvalue weighted by atomic mass is 10.1. The Labute approximate surface area is 117 Å². The first-order valence-electron chi connectivity index (χ1n) is 6.71. The number of carbonyl (C=O) groups excluding carboxylic acids is 1. The van der Waals surface area contributed by atoms with Crippen LogP contribution in [-0.2, 0) is 14.3 Å². The van der Waals surface area contributed by atoms with Crippen LogP contribution in [0.5, 0.6) is 0 Å². The van der Waals surface area contributed by atoms with Crippen LogP contribution in [0.3, 0.4) is 0 Å². The van der Waals surface area contributed by atoms with Crippen LogP contribution in [0.15, 0.2) is 35.1 Å². The van der Waals surface area contributed by atoms with E-state index in [9.17, 15) is 4.79 Å². The summed E-state index contributed by atoms with van der Waals surface area (Å²) >= 11 is 0. The molecule has 0 aliphatic heterocycles. The summed E-state index contributed by atoms with van der Waals surface area (Å²) in [5.74, 6) is -0.129. The van der Waals surface area contributed by atoms with Gasteiger partial charge >= 0.3 is 5.97 Å². The lowest BCUT2D eigenvalue weighted by Crippen LogP contribution is -2.08. The molecule has 0 heterocycles. The second kappa shape index (κ2) is 10.4. The van der Waals surface area contributed by atoms with E-state index < -0.39 is 5.97 Å². The largest absolute Gasteiger partial charge is 0.483 e. The van der Waals surface area contributed by atoms with Crippen molar-refractivity contribution in [3.63, 3.8) is 0 Å². The number of esters is 1. The lowest BCUT2D eigenvalue weighted by Gasteiger charge is -2.07. The Morgan fingerprint density at radius 1 is 1.11 bits per heavy atom. The smallest absolute Gasteiger partial charge is 0.372 e. The molecule has 0 aromatic rings. The van der Waals surface area contributed by atoms with E-state index in [1.165, 1.54) is 18.3 Å². The Bertz CT molecular complexity index is 358. The van der Waals surface area contributed by atoms with Gasteiger partial charge in [-0.3, -0.25) is 0 Å². The molecule has 0 unspecified atom stereocenters. The predicted molar refractivity (Wildman–Crippen MR) is 78.8 cm³/mol. The Hall–Kier alpha value is -1.51. The third-order valence-corrected chi connectivity index (χ3v) is 2.54. The van der Waals surface area contributed by atoms with Crippen molar-refractivity contribution in [2.75, 3.05) is 13.7 Å². The van der Waals surface area contributed by atoms with Gasteiger partial charge in [0.1, 0.15) is 6.61 Å². The van der Waals surface area contributed by atoms with Crippen molar-refractivity contribution in [1.29, 1.82) is 0 Å². The van der Waals surface area contributed by atoms with E-state index >= 15 is 0 Å². The minimum Gasteiger partial charge on any atom is -0.483 e. The van der Waals surface area contributed by atoms with Crippen molar-refractivity contribution in [2.45, 2.75) is 47.0 Å². The molecule has 0 aromatic carbocycles. The fourth-order valence-electron chi connectivity index (χ4n) is 1.45. The van der Waals surface area contributed by atoms with Gasteiger partial charge in [0, 0.05) is 0 Å². The summed E-state index contributed by atoms with van der Waals surface area (Å²) in [6.07, 6.45) is 8.76. The minimum atomic E-state index is -0.419. The van der Waals surface area contributed by atoms with Crippen LogP contribution in [0.4, 0.5) is 0 Å². The second-order valence-corrected chi connectivity index (χ2v) is 4.65. The van der Waals surface area contributed by atoms with Crippen LogP contribution < -0.4 is 0 Å². The highest BCUT2D eigenvalue weighted by molar-refractivity contribution is 5.86. The maximum atomic E-state index is 11.4. The molecule has 0 saturated carbocycles. The number of hydrogen-bond acceptors (Lipinski definition) is 3. The molecule has 0 bridgehead atoms.